The highest BCUT2D eigenvalue weighted by Crippen LogP contribution is 2.22. The van der Waals surface area contributed by atoms with E-state index in [9.17, 15) is 4.39 Å². The molecule has 1 aliphatic heterocycles. The van der Waals surface area contributed by atoms with Crippen molar-refractivity contribution in [3.63, 3.8) is 0 Å². The van der Waals surface area contributed by atoms with E-state index in [-0.39, 0.29) is 41.6 Å². The first-order chi connectivity index (χ1) is 13.4. The fraction of sp³-hybridized carbons (Fsp3) is 0.682. The normalized spacial score (nSPS) is 18.9. The lowest BCUT2D eigenvalue weighted by molar-refractivity contribution is 0.162. The molecule has 0 bridgehead atoms. The number of piperidine rings is 1. The van der Waals surface area contributed by atoms with Crippen LogP contribution >= 0.6 is 24.0 Å². The first kappa shape index (κ1) is 25.9. The van der Waals surface area contributed by atoms with Gasteiger partial charge >= 0.3 is 0 Å². The molecule has 1 heterocycles. The summed E-state index contributed by atoms with van der Waals surface area (Å²) in [5.41, 5.74) is 0.865. The van der Waals surface area contributed by atoms with Crippen molar-refractivity contribution in [2.45, 2.75) is 46.6 Å². The maximum atomic E-state index is 14.0. The topological polar surface area (TPSA) is 48.9 Å². The molecule has 1 aromatic rings. The molecule has 1 saturated heterocycles. The number of halogens is 2. The van der Waals surface area contributed by atoms with E-state index in [2.05, 4.69) is 36.3 Å². The second-order valence-electron chi connectivity index (χ2n) is 8.14. The van der Waals surface area contributed by atoms with Gasteiger partial charge in [0.2, 0.25) is 0 Å². The molecule has 5 nitrogen and oxygen atoms in total. The SMILES string of the molecule is CCNC(=NCC1CCCN(CC(C)C)C1)NC(C)c1ccc(OC)c(F)c1.I. The summed E-state index contributed by atoms with van der Waals surface area (Å²) in [5, 5.41) is 6.71. The molecule has 1 aliphatic rings. The number of hydrogen-bond donors (Lipinski definition) is 2. The van der Waals surface area contributed by atoms with Crippen LogP contribution in [0.15, 0.2) is 23.2 Å². The Hall–Kier alpha value is -1.09. The highest BCUT2D eigenvalue weighted by atomic mass is 127. The highest BCUT2D eigenvalue weighted by molar-refractivity contribution is 14.0. The van der Waals surface area contributed by atoms with Gasteiger partial charge in [0.1, 0.15) is 0 Å². The molecular formula is C22H38FIN4O. The van der Waals surface area contributed by atoms with Gasteiger partial charge in [-0.05, 0) is 62.8 Å². The Morgan fingerprint density at radius 2 is 2.10 bits per heavy atom. The minimum absolute atomic E-state index is 0. The van der Waals surface area contributed by atoms with E-state index in [1.807, 2.05) is 13.0 Å². The lowest BCUT2D eigenvalue weighted by Crippen LogP contribution is -2.41. The molecule has 7 heteroatoms. The van der Waals surface area contributed by atoms with E-state index >= 15 is 0 Å². The maximum Gasteiger partial charge on any atom is 0.191 e. The Labute approximate surface area is 192 Å². The van der Waals surface area contributed by atoms with Crippen molar-refractivity contribution in [1.82, 2.24) is 15.5 Å². The van der Waals surface area contributed by atoms with E-state index in [4.69, 9.17) is 9.73 Å². The first-order valence-electron chi connectivity index (χ1n) is 10.5. The molecule has 166 valence electrons. The van der Waals surface area contributed by atoms with Crippen LogP contribution in [0.3, 0.4) is 0 Å². The Kier molecular flexibility index (Phi) is 11.9. The van der Waals surface area contributed by atoms with Crippen molar-refractivity contribution >= 4 is 29.9 Å². The monoisotopic (exact) mass is 520 g/mol. The highest BCUT2D eigenvalue weighted by Gasteiger charge is 2.20. The van der Waals surface area contributed by atoms with Crippen LogP contribution in [-0.4, -0.2) is 50.7 Å². The Balaban J connectivity index is 0.00000420. The zero-order chi connectivity index (χ0) is 20.5. The van der Waals surface area contributed by atoms with Crippen LogP contribution in [0.25, 0.3) is 0 Å². The third kappa shape index (κ3) is 8.66. The number of nitrogens with zero attached hydrogens (tertiary/aromatic N) is 2. The Bertz CT molecular complexity index is 641. The van der Waals surface area contributed by atoms with Crippen LogP contribution in [0.1, 0.15) is 52.1 Å². The molecular weight excluding hydrogens is 482 g/mol. The van der Waals surface area contributed by atoms with Gasteiger partial charge in [-0.1, -0.05) is 19.9 Å². The van der Waals surface area contributed by atoms with E-state index in [0.29, 0.717) is 11.8 Å². The molecule has 2 unspecified atom stereocenters. The summed E-state index contributed by atoms with van der Waals surface area (Å²) in [4.78, 5) is 7.39. The molecule has 0 aromatic heterocycles. The van der Waals surface area contributed by atoms with Crippen LogP contribution in [-0.2, 0) is 0 Å². The van der Waals surface area contributed by atoms with Crippen LogP contribution in [0.5, 0.6) is 5.75 Å². The van der Waals surface area contributed by atoms with Gasteiger partial charge < -0.3 is 20.3 Å². The third-order valence-corrected chi connectivity index (χ3v) is 5.11. The predicted octanol–water partition coefficient (Wildman–Crippen LogP) is 4.44. The number of nitrogens with one attached hydrogen (secondary N) is 2. The van der Waals surface area contributed by atoms with Gasteiger partial charge in [-0.15, -0.1) is 24.0 Å². The lowest BCUT2D eigenvalue weighted by atomic mass is 9.97. The number of guanidine groups is 1. The smallest absolute Gasteiger partial charge is 0.191 e. The molecule has 1 aromatic carbocycles. The second-order valence-corrected chi connectivity index (χ2v) is 8.14. The van der Waals surface area contributed by atoms with Gasteiger partial charge in [0.15, 0.2) is 17.5 Å². The molecule has 2 atom stereocenters. The summed E-state index contributed by atoms with van der Waals surface area (Å²) >= 11 is 0. The fourth-order valence-electron chi connectivity index (χ4n) is 3.76. The second kappa shape index (κ2) is 13.3. The van der Waals surface area contributed by atoms with Gasteiger partial charge in [-0.2, -0.15) is 0 Å². The summed E-state index contributed by atoms with van der Waals surface area (Å²) in [6.45, 7) is 13.7. The minimum Gasteiger partial charge on any atom is -0.494 e. The zero-order valence-electron chi connectivity index (χ0n) is 18.5. The summed E-state index contributed by atoms with van der Waals surface area (Å²) < 4.78 is 19.0. The van der Waals surface area contributed by atoms with Gasteiger partial charge in [-0.3, -0.25) is 4.99 Å². The predicted molar refractivity (Wildman–Crippen MR) is 130 cm³/mol. The zero-order valence-corrected chi connectivity index (χ0v) is 20.8. The summed E-state index contributed by atoms with van der Waals surface area (Å²) in [5.74, 6) is 2.00. The number of methoxy groups -OCH3 is 1. The summed E-state index contributed by atoms with van der Waals surface area (Å²) in [6, 6.07) is 5.01. The van der Waals surface area contributed by atoms with E-state index in [1.54, 1.807) is 6.07 Å². The molecule has 0 aliphatic carbocycles. The van der Waals surface area contributed by atoms with Crippen molar-refractivity contribution in [3.8, 4) is 5.75 Å². The standard InChI is InChI=1S/C22H37FN4O.HI/c1-6-24-22(25-13-18-8-7-11-27(15-18)14-16(2)3)26-17(4)19-9-10-21(28-5)20(23)12-19;/h9-10,12,16-18H,6-8,11,13-15H2,1-5H3,(H2,24,25,26);1H. The number of likely N-dealkylation sites (tertiary alicyclic amines) is 1. The number of rotatable bonds is 8. The molecule has 29 heavy (non-hydrogen) atoms. The molecule has 0 saturated carbocycles. The Morgan fingerprint density at radius 1 is 1.34 bits per heavy atom. The largest absolute Gasteiger partial charge is 0.494 e. The van der Waals surface area contributed by atoms with Gasteiger partial charge in [0, 0.05) is 26.2 Å². The van der Waals surface area contributed by atoms with Crippen molar-refractivity contribution in [2.75, 3.05) is 39.8 Å². The van der Waals surface area contributed by atoms with Crippen LogP contribution in [0.4, 0.5) is 4.39 Å². The number of aliphatic imine (C=N–C) groups is 1. The average Bonchev–Trinajstić information content (AvgIpc) is 2.66. The van der Waals surface area contributed by atoms with Crippen LogP contribution in [0.2, 0.25) is 0 Å². The molecule has 0 amide bonds. The Morgan fingerprint density at radius 3 is 2.72 bits per heavy atom. The average molecular weight is 520 g/mol. The lowest BCUT2D eigenvalue weighted by Gasteiger charge is -2.33. The van der Waals surface area contributed by atoms with Crippen LogP contribution < -0.4 is 15.4 Å². The molecule has 0 radical (unpaired) electrons. The fourth-order valence-corrected chi connectivity index (χ4v) is 3.76. The van der Waals surface area contributed by atoms with Crippen molar-refractivity contribution in [1.29, 1.82) is 0 Å². The maximum absolute atomic E-state index is 14.0. The molecule has 2 rings (SSSR count). The van der Waals surface area contributed by atoms with Crippen molar-refractivity contribution in [3.05, 3.63) is 29.6 Å². The molecule has 0 spiro atoms. The van der Waals surface area contributed by atoms with E-state index < -0.39 is 0 Å². The molecule has 2 N–H and O–H groups in total. The van der Waals surface area contributed by atoms with Crippen LogP contribution in [0, 0.1) is 17.7 Å². The summed E-state index contributed by atoms with van der Waals surface area (Å²) in [7, 11) is 1.48. The third-order valence-electron chi connectivity index (χ3n) is 5.11. The minimum atomic E-state index is -0.344. The first-order valence-corrected chi connectivity index (χ1v) is 10.5. The van der Waals surface area contributed by atoms with Gasteiger partial charge in [0.05, 0.1) is 13.2 Å². The van der Waals surface area contributed by atoms with Gasteiger partial charge in [0.25, 0.3) is 0 Å². The number of hydrogen-bond acceptors (Lipinski definition) is 3. The number of ether oxygens (including phenoxy) is 1. The van der Waals surface area contributed by atoms with E-state index in [0.717, 1.165) is 31.2 Å². The molecule has 1 fully saturated rings. The van der Waals surface area contributed by atoms with E-state index in [1.165, 1.54) is 39.1 Å². The quantitative estimate of drug-likeness (QED) is 0.303. The van der Waals surface area contributed by atoms with Crippen molar-refractivity contribution in [2.24, 2.45) is 16.8 Å². The van der Waals surface area contributed by atoms with Gasteiger partial charge in [-0.25, -0.2) is 4.39 Å². The van der Waals surface area contributed by atoms with Crippen molar-refractivity contribution < 1.29 is 9.13 Å². The number of benzene rings is 1. The summed E-state index contributed by atoms with van der Waals surface area (Å²) in [6.07, 6.45) is 2.48.